The number of nitrogens with one attached hydrogen (secondary N) is 1. The second-order valence-electron chi connectivity index (χ2n) is 13.7. The van der Waals surface area contributed by atoms with E-state index in [0.717, 1.165) is 70.1 Å². The number of aromatic nitrogens is 1. The Balaban J connectivity index is 1.33. The number of methoxy groups -OCH3 is 2. The summed E-state index contributed by atoms with van der Waals surface area (Å²) in [5, 5.41) is 22.3. The smallest absolute Gasteiger partial charge is 0.318 e. The third kappa shape index (κ3) is 6.69. The summed E-state index contributed by atoms with van der Waals surface area (Å²) in [6, 6.07) is 17.0. The number of phenols is 2. The lowest BCUT2D eigenvalue weighted by molar-refractivity contribution is -0.149. The van der Waals surface area contributed by atoms with Crippen LogP contribution in [0.25, 0.3) is 16.5 Å². The van der Waals surface area contributed by atoms with Gasteiger partial charge in [-0.3, -0.25) is 9.59 Å². The number of phenolic OH excluding ortho intramolecular Hbond substituents is 2. The molecule has 1 fully saturated rings. The van der Waals surface area contributed by atoms with E-state index in [1.54, 1.807) is 31.4 Å². The number of para-hydroxylation sites is 1. The Hall–Kier alpha value is -5.16. The van der Waals surface area contributed by atoms with Gasteiger partial charge < -0.3 is 29.4 Å². The average Bonchev–Trinajstić information content (AvgIpc) is 3.42. The highest BCUT2D eigenvalue weighted by Gasteiger charge is 2.39. The maximum absolute atomic E-state index is 14.2. The molecule has 4 aromatic rings. The Morgan fingerprint density at radius 3 is 2.52 bits per heavy atom. The molecule has 2 bridgehead atoms. The van der Waals surface area contributed by atoms with Gasteiger partial charge >= 0.3 is 5.97 Å². The molecule has 7 rings (SSSR count). The molecule has 0 saturated heterocycles. The van der Waals surface area contributed by atoms with Gasteiger partial charge in [-0.15, -0.1) is 0 Å². The molecule has 3 N–H and O–H groups in total. The highest BCUT2D eigenvalue weighted by molar-refractivity contribution is 5.94. The molecule has 3 aromatic carbocycles. The molecule has 1 saturated carbocycles. The largest absolute Gasteiger partial charge is 0.504 e. The number of ketones is 1. The van der Waals surface area contributed by atoms with Crippen molar-refractivity contribution in [3.05, 3.63) is 88.6 Å². The van der Waals surface area contributed by atoms with Crippen LogP contribution in [0, 0.1) is 23.7 Å². The first-order valence-electron chi connectivity index (χ1n) is 17.6. The van der Waals surface area contributed by atoms with E-state index in [2.05, 4.69) is 35.0 Å². The molecular formula is C42H43NO7. The van der Waals surface area contributed by atoms with Gasteiger partial charge in [-0.25, -0.2) is 0 Å². The molecule has 50 heavy (non-hydrogen) atoms. The number of H-pyrrole nitrogens is 1. The fourth-order valence-electron chi connectivity index (χ4n) is 8.31. The van der Waals surface area contributed by atoms with Gasteiger partial charge in [0.1, 0.15) is 18.3 Å². The number of fused-ring (bicyclic) bond motifs is 6. The quantitative estimate of drug-likeness (QED) is 0.146. The van der Waals surface area contributed by atoms with Crippen molar-refractivity contribution in [3.8, 4) is 34.8 Å². The molecule has 3 aliphatic rings. The van der Waals surface area contributed by atoms with Crippen LogP contribution >= 0.6 is 0 Å². The minimum absolute atomic E-state index is 0.0198. The molecule has 0 spiro atoms. The van der Waals surface area contributed by atoms with Crippen molar-refractivity contribution in [2.24, 2.45) is 11.8 Å². The summed E-state index contributed by atoms with van der Waals surface area (Å²) in [4.78, 5) is 31.0. The molecule has 0 amide bonds. The van der Waals surface area contributed by atoms with E-state index in [0.29, 0.717) is 30.8 Å². The van der Waals surface area contributed by atoms with Crippen LogP contribution in [-0.4, -0.2) is 47.3 Å². The van der Waals surface area contributed by atoms with Crippen LogP contribution < -0.4 is 9.47 Å². The van der Waals surface area contributed by atoms with Crippen molar-refractivity contribution in [1.29, 1.82) is 0 Å². The monoisotopic (exact) mass is 673 g/mol. The SMILES string of the molecule is COc1cc(CCC2CC(=O)CC3c4cc(OC)c(O)cc4C(=CC4CCCCC43)c3[nH]c4ccccc4c3CC#CCC(=O)O2)ccc1O. The van der Waals surface area contributed by atoms with E-state index >= 15 is 0 Å². The molecule has 2 aliphatic carbocycles. The van der Waals surface area contributed by atoms with E-state index < -0.39 is 12.1 Å². The van der Waals surface area contributed by atoms with Crippen LogP contribution in [-0.2, 0) is 27.2 Å². The highest BCUT2D eigenvalue weighted by atomic mass is 16.5. The predicted octanol–water partition coefficient (Wildman–Crippen LogP) is 7.78. The van der Waals surface area contributed by atoms with Crippen LogP contribution in [0.5, 0.6) is 23.0 Å². The summed E-state index contributed by atoms with van der Waals surface area (Å²) < 4.78 is 16.9. The molecule has 1 aromatic heterocycles. The number of aryl methyl sites for hydroxylation is 1. The second-order valence-corrected chi connectivity index (χ2v) is 13.7. The molecule has 2 heterocycles. The number of cyclic esters (lactones) is 1. The zero-order valence-corrected chi connectivity index (χ0v) is 28.6. The first-order valence-corrected chi connectivity index (χ1v) is 17.6. The molecule has 4 unspecified atom stereocenters. The number of rotatable bonds is 5. The Kier molecular flexibility index (Phi) is 9.58. The summed E-state index contributed by atoms with van der Waals surface area (Å²) in [7, 11) is 3.05. The van der Waals surface area contributed by atoms with Gasteiger partial charge in [0.25, 0.3) is 0 Å². The predicted molar refractivity (Wildman–Crippen MR) is 191 cm³/mol. The van der Waals surface area contributed by atoms with Gasteiger partial charge in [0.05, 0.1) is 19.9 Å². The number of aromatic amines is 1. The number of esters is 1. The van der Waals surface area contributed by atoms with Crippen LogP contribution in [0.15, 0.2) is 60.7 Å². The van der Waals surface area contributed by atoms with Crippen molar-refractivity contribution < 1.29 is 34.0 Å². The van der Waals surface area contributed by atoms with Crippen LogP contribution in [0.4, 0.5) is 0 Å². The summed E-state index contributed by atoms with van der Waals surface area (Å²) in [6.45, 7) is 0. The standard InChI is InChI=1S/C42H43NO7/c1-48-39-19-25(16-18-37(39)45)15-17-28-21-27(44)22-32-29-10-4-3-9-26(29)20-35(33-23-38(46)40(49-2)24-34(32)33)42-31(12-6-8-14-41(47)50-28)30-11-5-7-13-36(30)43-42/h5,7,11,13,16,18-20,23-24,26,28-29,32,43,45-46H,3-4,9-10,12,14-15,17,21-22H2,1-2H3. The first kappa shape index (κ1) is 33.3. The van der Waals surface area contributed by atoms with Crippen molar-refractivity contribution in [2.45, 2.75) is 76.2 Å². The fourth-order valence-corrected chi connectivity index (χ4v) is 8.31. The third-order valence-electron chi connectivity index (χ3n) is 10.7. The summed E-state index contributed by atoms with van der Waals surface area (Å²) in [6.07, 6.45) is 7.59. The molecule has 0 radical (unpaired) electrons. The van der Waals surface area contributed by atoms with Crippen molar-refractivity contribution in [1.82, 2.24) is 4.98 Å². The molecule has 1 aliphatic heterocycles. The normalized spacial score (nSPS) is 22.2. The number of ether oxygens (including phenoxy) is 3. The minimum atomic E-state index is -0.639. The number of carbonyl (C=O) groups excluding carboxylic acids is 2. The molecule has 8 heteroatoms. The number of aromatic hydroxyl groups is 2. The van der Waals surface area contributed by atoms with E-state index in [4.69, 9.17) is 14.2 Å². The van der Waals surface area contributed by atoms with Crippen LogP contribution in [0.3, 0.4) is 0 Å². The Labute approximate surface area is 292 Å². The van der Waals surface area contributed by atoms with E-state index in [1.165, 1.54) is 7.11 Å². The van der Waals surface area contributed by atoms with Crippen molar-refractivity contribution in [3.63, 3.8) is 0 Å². The van der Waals surface area contributed by atoms with Gasteiger partial charge in [0.15, 0.2) is 23.0 Å². The van der Waals surface area contributed by atoms with E-state index in [1.807, 2.05) is 18.2 Å². The zero-order chi connectivity index (χ0) is 34.8. The maximum Gasteiger partial charge on any atom is 0.318 e. The summed E-state index contributed by atoms with van der Waals surface area (Å²) in [5.74, 6) is 7.02. The number of Topliss-reactive ketones (excluding diaryl/α,β-unsaturated/α-hetero) is 1. The second kappa shape index (κ2) is 14.4. The number of hydrogen-bond acceptors (Lipinski definition) is 7. The lowest BCUT2D eigenvalue weighted by Crippen LogP contribution is -2.28. The lowest BCUT2D eigenvalue weighted by atomic mass is 9.69. The van der Waals surface area contributed by atoms with E-state index in [9.17, 15) is 19.8 Å². The number of hydrogen-bond donors (Lipinski definition) is 3. The lowest BCUT2D eigenvalue weighted by Gasteiger charge is -2.35. The Morgan fingerprint density at radius 1 is 0.900 bits per heavy atom. The molecule has 4 atom stereocenters. The van der Waals surface area contributed by atoms with Crippen LogP contribution in [0.1, 0.15) is 85.2 Å². The first-order chi connectivity index (χ1) is 24.3. The van der Waals surface area contributed by atoms with Gasteiger partial charge in [-0.05, 0) is 96.0 Å². The number of carbonyl (C=O) groups is 2. The van der Waals surface area contributed by atoms with E-state index in [-0.39, 0.29) is 54.3 Å². The summed E-state index contributed by atoms with van der Waals surface area (Å²) in [5.41, 5.74) is 6.76. The maximum atomic E-state index is 14.2. The van der Waals surface area contributed by atoms with Gasteiger partial charge in [-0.2, -0.15) is 0 Å². The van der Waals surface area contributed by atoms with Gasteiger partial charge in [0, 0.05) is 35.7 Å². The Morgan fingerprint density at radius 2 is 1.68 bits per heavy atom. The molecule has 8 nitrogen and oxygen atoms in total. The fraction of sp³-hybridized carbons (Fsp3) is 0.381. The minimum Gasteiger partial charge on any atom is -0.504 e. The molecule has 258 valence electrons. The third-order valence-corrected chi connectivity index (χ3v) is 10.7. The van der Waals surface area contributed by atoms with Crippen molar-refractivity contribution in [2.75, 3.05) is 14.2 Å². The van der Waals surface area contributed by atoms with Crippen molar-refractivity contribution >= 4 is 28.2 Å². The molecular weight excluding hydrogens is 630 g/mol. The number of benzene rings is 3. The average molecular weight is 674 g/mol. The van der Waals surface area contributed by atoms with Crippen LogP contribution in [0.2, 0.25) is 0 Å². The van der Waals surface area contributed by atoms with Gasteiger partial charge in [0.2, 0.25) is 0 Å². The summed E-state index contributed by atoms with van der Waals surface area (Å²) >= 11 is 0. The Bertz CT molecular complexity index is 2030. The topological polar surface area (TPSA) is 118 Å². The zero-order valence-electron chi connectivity index (χ0n) is 28.6. The number of allylic oxidation sites excluding steroid dienone is 1. The highest BCUT2D eigenvalue weighted by Crippen LogP contribution is 2.51. The van der Waals surface area contributed by atoms with Gasteiger partial charge in [-0.1, -0.05) is 55.0 Å².